The fourth-order valence-corrected chi connectivity index (χ4v) is 9.73. The van der Waals surface area contributed by atoms with Crippen LogP contribution in [0.2, 0.25) is 0 Å². The summed E-state index contributed by atoms with van der Waals surface area (Å²) in [5.74, 6) is -13.8. The molecule has 0 aromatic heterocycles. The highest BCUT2D eigenvalue weighted by molar-refractivity contribution is 6.00. The number of hydrogen-bond acceptors (Lipinski definition) is 15. The number of nitrogens with one attached hydrogen (secondary N) is 7. The van der Waals surface area contributed by atoms with E-state index in [0.717, 1.165) is 4.90 Å². The summed E-state index contributed by atoms with van der Waals surface area (Å²) >= 11 is 0. The molecule has 9 atom stereocenters. The van der Waals surface area contributed by atoms with E-state index in [0.29, 0.717) is 23.1 Å². The molecule has 0 spiro atoms. The fraction of sp³-hybridized carbons (Fsp3) is 0.464. The number of carboxylic acids is 3. The van der Waals surface area contributed by atoms with E-state index in [1.54, 1.807) is 12.1 Å². The van der Waals surface area contributed by atoms with E-state index in [-0.39, 0.29) is 68.9 Å². The number of amides is 9. The molecular weight excluding hydrogens is 1090 g/mol. The minimum Gasteiger partial charge on any atom is -0.508 e. The molecule has 3 aromatic carbocycles. The number of likely N-dealkylation sites (tertiary alicyclic amines) is 2. The Hall–Kier alpha value is -9.30. The maximum absolute atomic E-state index is 14.5. The predicted molar refractivity (Wildman–Crippen MR) is 291 cm³/mol. The Balaban J connectivity index is 1.34. The SMILES string of the molecule is CC(=O)N[C@@H](Cc1ccc(O)cc1)C(=O)N1CCC[C@@]1(C)C(=O)N[C@@H](Cc1ccc(O)cc1)C(=O)N[C@@H](CC(=O)O)C(=O)N[C@H](C(=O)N1CCC[C@H]1C(=O)N[C@@H](CC(=O)O)C(=O)N[C@@H](Cc1ccc(O)cc1)C(=O)N[C@@H](C)C(=O)O)C(C)C. The molecule has 2 aliphatic rings. The van der Waals surface area contributed by atoms with Gasteiger partial charge in [-0.3, -0.25) is 57.5 Å². The van der Waals surface area contributed by atoms with Gasteiger partial charge in [-0.15, -0.1) is 0 Å². The van der Waals surface area contributed by atoms with Gasteiger partial charge in [-0.25, -0.2) is 0 Å². The fourth-order valence-electron chi connectivity index (χ4n) is 9.73. The Morgan fingerprint density at radius 3 is 1.43 bits per heavy atom. The van der Waals surface area contributed by atoms with Gasteiger partial charge in [-0.1, -0.05) is 50.2 Å². The first-order chi connectivity index (χ1) is 39.1. The van der Waals surface area contributed by atoms with E-state index in [4.69, 9.17) is 0 Å². The highest BCUT2D eigenvalue weighted by Crippen LogP contribution is 2.31. The number of carbonyl (C=O) groups excluding carboxylic acids is 9. The van der Waals surface area contributed by atoms with E-state index in [1.807, 2.05) is 0 Å². The predicted octanol–water partition coefficient (Wildman–Crippen LogP) is -0.673. The summed E-state index contributed by atoms with van der Waals surface area (Å²) in [7, 11) is 0. The number of carbonyl (C=O) groups is 12. The Morgan fingerprint density at radius 2 is 0.964 bits per heavy atom. The van der Waals surface area contributed by atoms with Crippen molar-refractivity contribution >= 4 is 71.1 Å². The molecule has 2 fully saturated rings. The van der Waals surface area contributed by atoms with Gasteiger partial charge in [0.15, 0.2) is 0 Å². The average Bonchev–Trinajstić information content (AvgIpc) is 4.24. The van der Waals surface area contributed by atoms with Crippen molar-refractivity contribution in [2.45, 2.75) is 146 Å². The summed E-state index contributed by atoms with van der Waals surface area (Å²) < 4.78 is 0. The Bertz CT molecular complexity index is 2900. The number of benzene rings is 3. The highest BCUT2D eigenvalue weighted by atomic mass is 16.4. The van der Waals surface area contributed by atoms with Gasteiger partial charge in [0.25, 0.3) is 0 Å². The standard InChI is InChI=1S/C56H71N9O18/c1-29(2)46(53(80)64-22-6-8-43(64)51(78)61-40(27-44(70)71)49(76)59-38(47(74)57-30(3)54(81)82)24-32-9-15-35(67)16-10-32)63-50(77)41(28-45(72)73)60-48(75)39(25-33-11-17-36(68)18-12-33)62-55(83)56(5)21-7-23-65(56)52(79)42(58-31(4)66)26-34-13-19-37(69)20-14-34/h9-20,29-30,38-43,46,67-69H,6-8,21-28H2,1-5H3,(H,57,74)(H,58,66)(H,59,76)(H,60,75)(H,61,78)(H,62,83)(H,63,77)(H,70,71)(H,72,73)(H,81,82)/t30-,38-,39-,40-,41-,42-,43-,46-,56-/m0/s1. The summed E-state index contributed by atoms with van der Waals surface area (Å²) in [6, 6.07) is 4.65. The van der Waals surface area contributed by atoms with E-state index >= 15 is 0 Å². The van der Waals surface area contributed by atoms with Gasteiger partial charge in [0.2, 0.25) is 53.2 Å². The van der Waals surface area contributed by atoms with Gasteiger partial charge in [-0.2, -0.15) is 0 Å². The van der Waals surface area contributed by atoms with Crippen molar-refractivity contribution in [3.63, 3.8) is 0 Å². The van der Waals surface area contributed by atoms with Crippen LogP contribution in [0.5, 0.6) is 17.2 Å². The van der Waals surface area contributed by atoms with Crippen molar-refractivity contribution in [2.75, 3.05) is 13.1 Å². The maximum atomic E-state index is 14.5. The maximum Gasteiger partial charge on any atom is 0.325 e. The van der Waals surface area contributed by atoms with Crippen LogP contribution in [0.15, 0.2) is 72.8 Å². The van der Waals surface area contributed by atoms with Crippen LogP contribution >= 0.6 is 0 Å². The molecule has 3 aromatic rings. The largest absolute Gasteiger partial charge is 0.508 e. The number of phenolic OH excluding ortho intramolecular Hbond substituents is 3. The molecule has 0 bridgehead atoms. The lowest BCUT2D eigenvalue weighted by Crippen LogP contribution is -2.63. The quantitative estimate of drug-likeness (QED) is 0.0450. The smallest absolute Gasteiger partial charge is 0.325 e. The highest BCUT2D eigenvalue weighted by Gasteiger charge is 2.49. The normalized spacial score (nSPS) is 18.2. The molecule has 2 saturated heterocycles. The number of phenols is 3. The van der Waals surface area contributed by atoms with Gasteiger partial charge >= 0.3 is 17.9 Å². The third-order valence-corrected chi connectivity index (χ3v) is 14.3. The van der Waals surface area contributed by atoms with Crippen LogP contribution < -0.4 is 37.2 Å². The molecule has 2 heterocycles. The van der Waals surface area contributed by atoms with Crippen LogP contribution in [0.1, 0.15) is 89.8 Å². The lowest BCUT2D eigenvalue weighted by Gasteiger charge is -2.37. The van der Waals surface area contributed by atoms with Crippen molar-refractivity contribution in [3.05, 3.63) is 89.5 Å². The zero-order valence-corrected chi connectivity index (χ0v) is 46.4. The first-order valence-electron chi connectivity index (χ1n) is 26.8. The van der Waals surface area contributed by atoms with Crippen molar-refractivity contribution in [1.82, 2.24) is 47.0 Å². The summed E-state index contributed by atoms with van der Waals surface area (Å²) in [5.41, 5.74) is -0.251. The molecule has 2 aliphatic heterocycles. The van der Waals surface area contributed by atoms with Crippen LogP contribution in [0.4, 0.5) is 0 Å². The monoisotopic (exact) mass is 1160 g/mol. The average molecular weight is 1160 g/mol. The molecule has 448 valence electrons. The first kappa shape index (κ1) is 64.5. The molecule has 0 radical (unpaired) electrons. The summed E-state index contributed by atoms with van der Waals surface area (Å²) in [6.45, 7) is 6.92. The number of hydrogen-bond donors (Lipinski definition) is 13. The van der Waals surface area contributed by atoms with Gasteiger partial charge in [-0.05, 0) is 98.5 Å². The number of aromatic hydroxyl groups is 3. The number of carboxylic acid groups (broad SMARTS) is 3. The minimum absolute atomic E-state index is 0.00657. The van der Waals surface area contributed by atoms with Gasteiger partial charge in [0, 0.05) is 39.3 Å². The Labute approximate surface area is 476 Å². The van der Waals surface area contributed by atoms with Crippen LogP contribution in [0.25, 0.3) is 0 Å². The Morgan fingerprint density at radius 1 is 0.530 bits per heavy atom. The van der Waals surface area contributed by atoms with Crippen LogP contribution in [0, 0.1) is 5.92 Å². The second kappa shape index (κ2) is 28.9. The van der Waals surface area contributed by atoms with Crippen molar-refractivity contribution in [3.8, 4) is 17.2 Å². The van der Waals surface area contributed by atoms with Gasteiger partial charge < -0.3 is 77.7 Å². The van der Waals surface area contributed by atoms with Crippen LogP contribution in [-0.2, 0) is 76.8 Å². The zero-order valence-electron chi connectivity index (χ0n) is 46.4. The second-order valence-corrected chi connectivity index (χ2v) is 21.1. The minimum atomic E-state index is -1.91. The number of rotatable bonds is 27. The lowest BCUT2D eigenvalue weighted by atomic mass is 9.94. The molecule has 0 unspecified atom stereocenters. The second-order valence-electron chi connectivity index (χ2n) is 21.1. The third kappa shape index (κ3) is 18.1. The van der Waals surface area contributed by atoms with E-state index < -0.39 is 144 Å². The Kier molecular flexibility index (Phi) is 22.5. The lowest BCUT2D eigenvalue weighted by molar-refractivity contribution is -0.147. The van der Waals surface area contributed by atoms with Gasteiger partial charge in [0.1, 0.15) is 71.1 Å². The van der Waals surface area contributed by atoms with E-state index in [1.165, 1.54) is 100 Å². The summed E-state index contributed by atoms with van der Waals surface area (Å²) in [5, 5.41) is 75.9. The van der Waals surface area contributed by atoms with Gasteiger partial charge in [0.05, 0.1) is 12.8 Å². The number of nitrogens with zero attached hydrogens (tertiary/aromatic N) is 2. The van der Waals surface area contributed by atoms with Crippen LogP contribution in [0.3, 0.4) is 0 Å². The third-order valence-electron chi connectivity index (χ3n) is 14.3. The van der Waals surface area contributed by atoms with Crippen LogP contribution in [-0.4, -0.2) is 178 Å². The molecule has 9 amide bonds. The summed E-state index contributed by atoms with van der Waals surface area (Å²) in [4.78, 5) is 164. The first-order valence-corrected chi connectivity index (χ1v) is 26.8. The van der Waals surface area contributed by atoms with Crippen molar-refractivity contribution in [1.29, 1.82) is 0 Å². The molecule has 0 saturated carbocycles. The van der Waals surface area contributed by atoms with E-state index in [9.17, 15) is 88.2 Å². The molecule has 27 nitrogen and oxygen atoms in total. The summed E-state index contributed by atoms with van der Waals surface area (Å²) in [6.07, 6.45) is -1.98. The zero-order chi connectivity index (χ0) is 61.5. The molecule has 13 N–H and O–H groups in total. The molecule has 83 heavy (non-hydrogen) atoms. The van der Waals surface area contributed by atoms with E-state index in [2.05, 4.69) is 37.2 Å². The molecule has 5 rings (SSSR count). The molecule has 0 aliphatic carbocycles. The topological polar surface area (TPSA) is 417 Å². The molecular formula is C56H71N9O18. The number of aliphatic carboxylic acids is 3. The molecule has 27 heteroatoms. The van der Waals surface area contributed by atoms with Crippen molar-refractivity contribution < 1.29 is 88.2 Å². The van der Waals surface area contributed by atoms with Crippen molar-refractivity contribution in [2.24, 2.45) is 5.92 Å².